The summed E-state index contributed by atoms with van der Waals surface area (Å²) in [6, 6.07) is 0. The van der Waals surface area contributed by atoms with Crippen molar-refractivity contribution in [1.29, 1.82) is 0 Å². The standard InChI is InChI=1S/C64H124N4O9/c1-7-13-19-21-23-33-44-67(46-35-25-31-41-61(70)76-56-58(37-27-15-9-3)38-28-16-10-4)63(72)74-53-51-65(49-50-66-48-43-60(69)55-66)52-54-75-64(73)68(45-34-24-22-20-14-8-2)47-36-26-32-42-62(71)77-57-59(39-29-17-11-5)40-30-18-12-6/h58-60,69H,7-57H2,1-6H3. The SMILES string of the molecule is CCCCCCCCN(CCCCCC(=O)OCC(CCCCC)CCCCC)C(=O)OCCN(CCOC(=O)N(CCCCCCCC)CCCCCC(=O)OCC(CCCCC)CCCCC)CCN1CCC(O)C1. The Balaban J connectivity index is 2.81. The first kappa shape index (κ1) is 72.4. The molecule has 0 aliphatic carbocycles. The van der Waals surface area contributed by atoms with Gasteiger partial charge >= 0.3 is 24.1 Å². The van der Waals surface area contributed by atoms with Gasteiger partial charge in [-0.25, -0.2) is 9.59 Å². The zero-order chi connectivity index (χ0) is 56.2. The summed E-state index contributed by atoms with van der Waals surface area (Å²) < 4.78 is 23.6. The van der Waals surface area contributed by atoms with Crippen LogP contribution in [0.5, 0.6) is 0 Å². The number of unbranched alkanes of at least 4 members (excludes halogenated alkanes) is 22. The minimum atomic E-state index is -0.306. The highest BCUT2D eigenvalue weighted by atomic mass is 16.6. The average molecular weight is 1090 g/mol. The molecule has 1 unspecified atom stereocenters. The fourth-order valence-corrected chi connectivity index (χ4v) is 10.5. The van der Waals surface area contributed by atoms with E-state index in [1.165, 1.54) is 128 Å². The molecule has 1 aliphatic heterocycles. The van der Waals surface area contributed by atoms with Gasteiger partial charge in [0.15, 0.2) is 0 Å². The zero-order valence-corrected chi connectivity index (χ0v) is 51.3. The molecule has 1 atom stereocenters. The summed E-state index contributed by atoms with van der Waals surface area (Å²) in [5, 5.41) is 10.2. The van der Waals surface area contributed by atoms with Crippen LogP contribution in [0.4, 0.5) is 9.59 Å². The van der Waals surface area contributed by atoms with Gasteiger partial charge in [0, 0.05) is 78.3 Å². The summed E-state index contributed by atoms with van der Waals surface area (Å²) in [7, 11) is 0. The van der Waals surface area contributed by atoms with E-state index in [4.69, 9.17) is 18.9 Å². The third-order valence-electron chi connectivity index (χ3n) is 15.8. The predicted octanol–water partition coefficient (Wildman–Crippen LogP) is 15.7. The van der Waals surface area contributed by atoms with Crippen molar-refractivity contribution in [3.63, 3.8) is 0 Å². The summed E-state index contributed by atoms with van der Waals surface area (Å²) in [4.78, 5) is 61.1. The van der Waals surface area contributed by atoms with E-state index in [1.54, 1.807) is 0 Å². The second-order valence-electron chi connectivity index (χ2n) is 23.0. The van der Waals surface area contributed by atoms with E-state index < -0.39 is 0 Å². The van der Waals surface area contributed by atoms with Crippen LogP contribution in [0.2, 0.25) is 0 Å². The van der Waals surface area contributed by atoms with E-state index in [2.05, 4.69) is 51.3 Å². The van der Waals surface area contributed by atoms with Gasteiger partial charge in [0.05, 0.1) is 19.3 Å². The maximum absolute atomic E-state index is 13.7. The van der Waals surface area contributed by atoms with Gasteiger partial charge in [0.2, 0.25) is 0 Å². The molecule has 1 fully saturated rings. The van der Waals surface area contributed by atoms with Crippen LogP contribution in [-0.4, -0.2) is 147 Å². The third-order valence-corrected chi connectivity index (χ3v) is 15.8. The number of amides is 2. The minimum absolute atomic E-state index is 0.105. The number of rotatable bonds is 55. The minimum Gasteiger partial charge on any atom is -0.465 e. The molecule has 2 amide bonds. The van der Waals surface area contributed by atoms with Gasteiger partial charge in [-0.3, -0.25) is 19.4 Å². The number of aliphatic hydroxyl groups is 1. The second-order valence-corrected chi connectivity index (χ2v) is 23.0. The zero-order valence-electron chi connectivity index (χ0n) is 51.3. The summed E-state index contributed by atoms with van der Waals surface area (Å²) >= 11 is 0. The fraction of sp³-hybridized carbons (Fsp3) is 0.938. The second kappa shape index (κ2) is 52.7. The largest absolute Gasteiger partial charge is 0.465 e. The summed E-state index contributed by atoms with van der Waals surface area (Å²) in [5.41, 5.74) is 0. The highest BCUT2D eigenvalue weighted by molar-refractivity contribution is 5.70. The van der Waals surface area contributed by atoms with Crippen LogP contribution in [0, 0.1) is 11.8 Å². The van der Waals surface area contributed by atoms with E-state index in [0.717, 1.165) is 109 Å². The molecule has 0 radical (unpaired) electrons. The number of nitrogens with zero attached hydrogens (tertiary/aromatic N) is 4. The molecule has 1 saturated heterocycles. The van der Waals surface area contributed by atoms with E-state index in [0.29, 0.717) is 90.2 Å². The first-order valence-corrected chi connectivity index (χ1v) is 32.9. The molecule has 1 N–H and O–H groups in total. The van der Waals surface area contributed by atoms with Crippen molar-refractivity contribution >= 4 is 24.1 Å². The van der Waals surface area contributed by atoms with Crippen molar-refractivity contribution in [3.05, 3.63) is 0 Å². The van der Waals surface area contributed by atoms with Crippen molar-refractivity contribution < 1.29 is 43.2 Å². The Morgan fingerprint density at radius 3 is 1.12 bits per heavy atom. The van der Waals surface area contributed by atoms with Crippen molar-refractivity contribution in [2.75, 3.05) is 91.9 Å². The van der Waals surface area contributed by atoms with E-state index >= 15 is 0 Å². The predicted molar refractivity (Wildman–Crippen MR) is 318 cm³/mol. The lowest BCUT2D eigenvalue weighted by atomic mass is 9.96. The number of ether oxygens (including phenoxy) is 4. The smallest absolute Gasteiger partial charge is 0.409 e. The number of likely N-dealkylation sites (tertiary alicyclic amines) is 1. The lowest BCUT2D eigenvalue weighted by molar-refractivity contribution is -0.146. The quantitative estimate of drug-likeness (QED) is 0.0354. The number of esters is 2. The third kappa shape index (κ3) is 42.9. The van der Waals surface area contributed by atoms with Gasteiger partial charge < -0.3 is 33.9 Å². The topological polar surface area (TPSA) is 138 Å². The van der Waals surface area contributed by atoms with Crippen LogP contribution in [0.1, 0.15) is 279 Å². The maximum atomic E-state index is 13.7. The lowest BCUT2D eigenvalue weighted by Gasteiger charge is -2.27. The average Bonchev–Trinajstić information content (AvgIpc) is 3.85. The van der Waals surface area contributed by atoms with Crippen molar-refractivity contribution in [2.45, 2.75) is 285 Å². The molecular weight excluding hydrogens is 969 g/mol. The van der Waals surface area contributed by atoms with Crippen LogP contribution in [0.3, 0.4) is 0 Å². The summed E-state index contributed by atoms with van der Waals surface area (Å²) in [6.45, 7) is 21.4. The van der Waals surface area contributed by atoms with Gasteiger partial charge in [0.1, 0.15) is 13.2 Å². The number of hydrogen-bond donors (Lipinski definition) is 1. The van der Waals surface area contributed by atoms with Gasteiger partial charge in [-0.2, -0.15) is 0 Å². The first-order chi connectivity index (χ1) is 37.6. The molecular formula is C64H124N4O9. The van der Waals surface area contributed by atoms with Crippen LogP contribution in [0.25, 0.3) is 0 Å². The number of β-amino-alcohol motifs (C(OH)–C–C–N with tert-alkyl or cyclic N) is 1. The molecule has 0 aromatic carbocycles. The van der Waals surface area contributed by atoms with Crippen LogP contribution < -0.4 is 0 Å². The lowest BCUT2D eigenvalue weighted by Crippen LogP contribution is -2.40. The number of hydrogen-bond acceptors (Lipinski definition) is 11. The molecule has 0 saturated carbocycles. The number of aliphatic hydroxyl groups excluding tert-OH is 1. The van der Waals surface area contributed by atoms with Crippen molar-refractivity contribution in [3.8, 4) is 0 Å². The molecule has 0 aromatic rings. The monoisotopic (exact) mass is 1090 g/mol. The highest BCUT2D eigenvalue weighted by Crippen LogP contribution is 2.21. The molecule has 13 nitrogen and oxygen atoms in total. The first-order valence-electron chi connectivity index (χ1n) is 32.9. The molecule has 1 rings (SSSR count). The van der Waals surface area contributed by atoms with Crippen LogP contribution in [-0.2, 0) is 28.5 Å². The van der Waals surface area contributed by atoms with E-state index in [-0.39, 0.29) is 43.4 Å². The molecule has 1 heterocycles. The molecule has 13 heteroatoms. The Bertz CT molecular complexity index is 1270. The highest BCUT2D eigenvalue weighted by Gasteiger charge is 2.23. The fourth-order valence-electron chi connectivity index (χ4n) is 10.5. The Morgan fingerprint density at radius 1 is 0.429 bits per heavy atom. The number of carbonyl (C=O) groups is 4. The van der Waals surface area contributed by atoms with E-state index in [9.17, 15) is 24.3 Å². The molecule has 77 heavy (non-hydrogen) atoms. The van der Waals surface area contributed by atoms with Crippen LogP contribution in [0.15, 0.2) is 0 Å². The van der Waals surface area contributed by atoms with Crippen molar-refractivity contribution in [2.24, 2.45) is 11.8 Å². The van der Waals surface area contributed by atoms with Gasteiger partial charge in [-0.15, -0.1) is 0 Å². The molecule has 1 aliphatic rings. The Kier molecular flexibility index (Phi) is 49.5. The van der Waals surface area contributed by atoms with Crippen LogP contribution >= 0.6 is 0 Å². The van der Waals surface area contributed by atoms with E-state index in [1.807, 2.05) is 9.80 Å². The van der Waals surface area contributed by atoms with Gasteiger partial charge in [-0.05, 0) is 82.5 Å². The van der Waals surface area contributed by atoms with Gasteiger partial charge in [-0.1, -0.05) is 196 Å². The molecule has 0 spiro atoms. The Morgan fingerprint density at radius 2 is 0.766 bits per heavy atom. The molecule has 0 bridgehead atoms. The Labute approximate surface area is 474 Å². The maximum Gasteiger partial charge on any atom is 0.409 e. The molecule has 0 aromatic heterocycles. The Hall–Kier alpha value is -2.64. The summed E-state index contributed by atoms with van der Waals surface area (Å²) in [5.74, 6) is 0.704. The molecule has 454 valence electrons. The van der Waals surface area contributed by atoms with Crippen molar-refractivity contribution in [1.82, 2.24) is 19.6 Å². The van der Waals surface area contributed by atoms with Gasteiger partial charge in [0.25, 0.3) is 0 Å². The normalized spacial score (nSPS) is 13.8. The summed E-state index contributed by atoms with van der Waals surface area (Å²) in [6.07, 6.45) is 38.2. The number of carbonyl (C=O) groups excluding carboxylic acids is 4.